The summed E-state index contributed by atoms with van der Waals surface area (Å²) < 4.78 is 0. The zero-order chi connectivity index (χ0) is 12.5. The average molecular weight is 230 g/mol. The van der Waals surface area contributed by atoms with Gasteiger partial charge in [0.25, 0.3) is 0 Å². The highest BCUT2D eigenvalue weighted by molar-refractivity contribution is 5.68. The van der Waals surface area contributed by atoms with Gasteiger partial charge in [-0.3, -0.25) is 0 Å². The van der Waals surface area contributed by atoms with Gasteiger partial charge in [0.05, 0.1) is 6.04 Å². The molecule has 1 aliphatic rings. The van der Waals surface area contributed by atoms with Crippen molar-refractivity contribution in [2.75, 3.05) is 19.6 Å². The molecule has 1 aliphatic heterocycles. The lowest BCUT2D eigenvalue weighted by Gasteiger charge is -2.45. The van der Waals surface area contributed by atoms with Crippen molar-refractivity contribution in [2.45, 2.75) is 26.8 Å². The highest BCUT2D eigenvalue weighted by Gasteiger charge is 2.39. The SMILES string of the molecule is CC(C)(C)C1CN(C(=O)O)CCN1C(=O)O. The van der Waals surface area contributed by atoms with Crippen molar-refractivity contribution >= 4 is 12.2 Å². The van der Waals surface area contributed by atoms with E-state index >= 15 is 0 Å². The summed E-state index contributed by atoms with van der Waals surface area (Å²) in [6.45, 7) is 6.47. The van der Waals surface area contributed by atoms with Crippen molar-refractivity contribution in [2.24, 2.45) is 5.41 Å². The average Bonchev–Trinajstić information content (AvgIpc) is 2.15. The van der Waals surface area contributed by atoms with Gasteiger partial charge in [0.1, 0.15) is 0 Å². The third kappa shape index (κ3) is 2.56. The maximum absolute atomic E-state index is 11.0. The van der Waals surface area contributed by atoms with Crippen LogP contribution in [0.15, 0.2) is 0 Å². The summed E-state index contributed by atoms with van der Waals surface area (Å²) in [6, 6.07) is -0.296. The van der Waals surface area contributed by atoms with E-state index in [4.69, 9.17) is 10.2 Å². The van der Waals surface area contributed by atoms with Crippen LogP contribution in [0.3, 0.4) is 0 Å². The minimum absolute atomic E-state index is 0.240. The van der Waals surface area contributed by atoms with Crippen molar-refractivity contribution < 1.29 is 19.8 Å². The zero-order valence-electron chi connectivity index (χ0n) is 9.80. The summed E-state index contributed by atoms with van der Waals surface area (Å²) >= 11 is 0. The van der Waals surface area contributed by atoms with Crippen LogP contribution in [0.4, 0.5) is 9.59 Å². The Hall–Kier alpha value is -1.46. The number of rotatable bonds is 0. The molecular formula is C10H18N2O4. The van der Waals surface area contributed by atoms with Gasteiger partial charge in [-0.2, -0.15) is 0 Å². The monoisotopic (exact) mass is 230 g/mol. The molecule has 92 valence electrons. The summed E-state index contributed by atoms with van der Waals surface area (Å²) in [5.41, 5.74) is -0.271. The van der Waals surface area contributed by atoms with Crippen LogP contribution in [0, 0.1) is 5.41 Å². The minimum atomic E-state index is -0.987. The fourth-order valence-corrected chi connectivity index (χ4v) is 1.93. The molecule has 0 saturated carbocycles. The topological polar surface area (TPSA) is 81.1 Å². The van der Waals surface area contributed by atoms with Crippen LogP contribution in [0.25, 0.3) is 0 Å². The summed E-state index contributed by atoms with van der Waals surface area (Å²) in [5, 5.41) is 18.0. The van der Waals surface area contributed by atoms with Crippen molar-refractivity contribution in [1.82, 2.24) is 9.80 Å². The normalized spacial score (nSPS) is 22.1. The first-order chi connectivity index (χ1) is 7.23. The lowest BCUT2D eigenvalue weighted by atomic mass is 9.84. The molecule has 1 saturated heterocycles. The van der Waals surface area contributed by atoms with Gasteiger partial charge in [-0.1, -0.05) is 20.8 Å². The van der Waals surface area contributed by atoms with Gasteiger partial charge >= 0.3 is 12.2 Å². The first-order valence-corrected chi connectivity index (χ1v) is 5.21. The Labute approximate surface area is 94.4 Å². The molecule has 1 unspecified atom stereocenters. The van der Waals surface area contributed by atoms with Crippen molar-refractivity contribution in [3.63, 3.8) is 0 Å². The largest absolute Gasteiger partial charge is 0.465 e. The maximum Gasteiger partial charge on any atom is 0.407 e. The second-order valence-corrected chi connectivity index (χ2v) is 5.09. The lowest BCUT2D eigenvalue weighted by molar-refractivity contribution is 0.0242. The van der Waals surface area contributed by atoms with Crippen LogP contribution in [0.2, 0.25) is 0 Å². The smallest absolute Gasteiger partial charge is 0.407 e. The summed E-state index contributed by atoms with van der Waals surface area (Å²) in [7, 11) is 0. The van der Waals surface area contributed by atoms with Crippen LogP contribution < -0.4 is 0 Å². The van der Waals surface area contributed by atoms with E-state index in [2.05, 4.69) is 0 Å². The van der Waals surface area contributed by atoms with Gasteiger partial charge in [0, 0.05) is 19.6 Å². The van der Waals surface area contributed by atoms with E-state index in [1.165, 1.54) is 9.80 Å². The fraction of sp³-hybridized carbons (Fsp3) is 0.800. The number of carbonyl (C=O) groups is 2. The molecule has 2 N–H and O–H groups in total. The predicted molar refractivity (Wildman–Crippen MR) is 57.6 cm³/mol. The minimum Gasteiger partial charge on any atom is -0.465 e. The molecule has 1 heterocycles. The molecule has 0 aromatic rings. The second kappa shape index (κ2) is 4.19. The standard InChI is InChI=1S/C10H18N2O4/c1-10(2,3)7-6-11(8(13)14)4-5-12(7)9(15)16/h7H,4-6H2,1-3H3,(H,13,14)(H,15,16). The van der Waals surface area contributed by atoms with Crippen LogP contribution in [-0.4, -0.2) is 57.9 Å². The van der Waals surface area contributed by atoms with Crippen molar-refractivity contribution in [3.05, 3.63) is 0 Å². The van der Waals surface area contributed by atoms with E-state index < -0.39 is 12.2 Å². The third-order valence-electron chi connectivity index (χ3n) is 2.90. The molecule has 6 heteroatoms. The Bertz CT molecular complexity index is 298. The molecule has 2 amide bonds. The molecule has 0 radical (unpaired) electrons. The second-order valence-electron chi connectivity index (χ2n) is 5.09. The molecule has 0 aromatic heterocycles. The Morgan fingerprint density at radius 2 is 1.69 bits per heavy atom. The first kappa shape index (κ1) is 12.6. The number of carboxylic acid groups (broad SMARTS) is 2. The molecule has 0 spiro atoms. The molecule has 0 aromatic carbocycles. The number of piperazine rings is 1. The van der Waals surface area contributed by atoms with Gasteiger partial charge in [-0.25, -0.2) is 9.59 Å². The van der Waals surface area contributed by atoms with Gasteiger partial charge in [0.15, 0.2) is 0 Å². The predicted octanol–water partition coefficient (Wildman–Crippen LogP) is 1.37. The molecule has 1 atom stereocenters. The molecule has 1 rings (SSSR count). The number of amides is 2. The van der Waals surface area contributed by atoms with Crippen molar-refractivity contribution in [1.29, 1.82) is 0 Å². The van der Waals surface area contributed by atoms with E-state index in [9.17, 15) is 9.59 Å². The van der Waals surface area contributed by atoms with E-state index in [0.717, 1.165) is 0 Å². The molecule has 0 aliphatic carbocycles. The van der Waals surface area contributed by atoms with Gasteiger partial charge in [-0.15, -0.1) is 0 Å². The van der Waals surface area contributed by atoms with Crippen LogP contribution >= 0.6 is 0 Å². The van der Waals surface area contributed by atoms with Crippen LogP contribution in [-0.2, 0) is 0 Å². The number of hydrogen-bond donors (Lipinski definition) is 2. The summed E-state index contributed by atoms with van der Waals surface area (Å²) in [5.74, 6) is 0. The number of nitrogens with zero attached hydrogens (tertiary/aromatic N) is 2. The van der Waals surface area contributed by atoms with Gasteiger partial charge in [0.2, 0.25) is 0 Å². The maximum atomic E-state index is 11.0. The fourth-order valence-electron chi connectivity index (χ4n) is 1.93. The molecule has 16 heavy (non-hydrogen) atoms. The Morgan fingerprint density at radius 1 is 1.12 bits per heavy atom. The molecule has 1 fully saturated rings. The van der Waals surface area contributed by atoms with Crippen LogP contribution in [0.1, 0.15) is 20.8 Å². The Balaban J connectivity index is 2.86. The van der Waals surface area contributed by atoms with Gasteiger partial charge < -0.3 is 20.0 Å². The highest BCUT2D eigenvalue weighted by atomic mass is 16.4. The highest BCUT2D eigenvalue weighted by Crippen LogP contribution is 2.27. The Kier molecular flexibility index (Phi) is 3.30. The molecule has 0 bridgehead atoms. The quantitative estimate of drug-likeness (QED) is 0.658. The first-order valence-electron chi connectivity index (χ1n) is 5.21. The van der Waals surface area contributed by atoms with E-state index in [1.54, 1.807) is 0 Å². The van der Waals surface area contributed by atoms with Crippen molar-refractivity contribution in [3.8, 4) is 0 Å². The summed E-state index contributed by atoms with van der Waals surface area (Å²) in [4.78, 5) is 24.5. The van der Waals surface area contributed by atoms with Crippen LogP contribution in [0.5, 0.6) is 0 Å². The zero-order valence-corrected chi connectivity index (χ0v) is 9.80. The lowest BCUT2D eigenvalue weighted by Crippen LogP contribution is -2.60. The third-order valence-corrected chi connectivity index (χ3v) is 2.90. The molecular weight excluding hydrogens is 212 g/mol. The van der Waals surface area contributed by atoms with E-state index in [0.29, 0.717) is 0 Å². The van der Waals surface area contributed by atoms with E-state index in [1.807, 2.05) is 20.8 Å². The molecule has 6 nitrogen and oxygen atoms in total. The van der Waals surface area contributed by atoms with E-state index in [-0.39, 0.29) is 31.1 Å². The number of hydrogen-bond acceptors (Lipinski definition) is 2. The summed E-state index contributed by atoms with van der Waals surface area (Å²) in [6.07, 6.45) is -1.97. The van der Waals surface area contributed by atoms with Gasteiger partial charge in [-0.05, 0) is 5.41 Å². The Morgan fingerprint density at radius 3 is 2.06 bits per heavy atom.